The molecule has 2 bridgehead atoms. The average Bonchev–Trinajstić information content (AvgIpc) is 3.09. The van der Waals surface area contributed by atoms with Crippen molar-refractivity contribution in [1.82, 2.24) is 0 Å². The van der Waals surface area contributed by atoms with Crippen molar-refractivity contribution in [3.8, 4) is 5.75 Å². The van der Waals surface area contributed by atoms with Gasteiger partial charge >= 0.3 is 5.97 Å². The molecule has 4 fully saturated rings. The summed E-state index contributed by atoms with van der Waals surface area (Å²) in [5.74, 6) is 1.29. The van der Waals surface area contributed by atoms with Crippen LogP contribution in [0.4, 0.5) is 0 Å². The normalized spacial score (nSPS) is 51.1. The van der Waals surface area contributed by atoms with Gasteiger partial charge in [-0.1, -0.05) is 13.0 Å². The molecule has 168 valence electrons. The third-order valence-corrected chi connectivity index (χ3v) is 10.9. The number of fused-ring (bicyclic) bond motifs is 5. The van der Waals surface area contributed by atoms with Crippen LogP contribution < -0.4 is 4.74 Å². The molecule has 0 amide bonds. The molecule has 0 heterocycles. The summed E-state index contributed by atoms with van der Waals surface area (Å²) in [5, 5.41) is 23.1. The first-order chi connectivity index (χ1) is 14.6. The number of ether oxygens (including phenoxy) is 2. The van der Waals surface area contributed by atoms with Gasteiger partial charge in [-0.15, -0.1) is 0 Å². The summed E-state index contributed by atoms with van der Waals surface area (Å²) < 4.78 is 11.6. The van der Waals surface area contributed by atoms with E-state index in [0.29, 0.717) is 18.3 Å². The molecule has 0 aromatic heterocycles. The number of methoxy groups -OCH3 is 1. The van der Waals surface area contributed by atoms with Crippen molar-refractivity contribution in [2.24, 2.45) is 22.7 Å². The standard InChI is InChI=1S/C26H34O5/c1-15(27)31-25-12-11-24(14-21-23(3,28)26(21,25)29)20-8-5-16-13-17(30-4)6-7-18(16)19(20)9-10-22(24,25)2/h6-7,13,19-21,28-29H,5,8-12,14H2,1-4H3/t19?,20?,21?,22-,23?,24+,25-,26?/m0/s1. The Morgan fingerprint density at radius 3 is 2.61 bits per heavy atom. The lowest BCUT2D eigenvalue weighted by Gasteiger charge is -2.64. The number of benzene rings is 1. The molecule has 1 aromatic carbocycles. The number of aryl methyl sites for hydroxylation is 1. The predicted octanol–water partition coefficient (Wildman–Crippen LogP) is 3.74. The molecule has 8 atom stereocenters. The van der Waals surface area contributed by atoms with Crippen molar-refractivity contribution in [2.75, 3.05) is 7.11 Å². The highest BCUT2D eigenvalue weighted by molar-refractivity contribution is 5.68. The molecule has 4 saturated carbocycles. The van der Waals surface area contributed by atoms with E-state index in [1.54, 1.807) is 14.0 Å². The zero-order valence-corrected chi connectivity index (χ0v) is 19.0. The molecule has 0 spiro atoms. The summed E-state index contributed by atoms with van der Waals surface area (Å²) in [6, 6.07) is 6.53. The Bertz CT molecular complexity index is 986. The summed E-state index contributed by atoms with van der Waals surface area (Å²) in [4.78, 5) is 12.3. The van der Waals surface area contributed by atoms with E-state index in [4.69, 9.17) is 9.47 Å². The van der Waals surface area contributed by atoms with E-state index < -0.39 is 16.8 Å². The number of hydrogen-bond donors (Lipinski definition) is 2. The van der Waals surface area contributed by atoms with Gasteiger partial charge in [-0.3, -0.25) is 4.79 Å². The van der Waals surface area contributed by atoms with E-state index in [9.17, 15) is 15.0 Å². The monoisotopic (exact) mass is 426 g/mol. The minimum absolute atomic E-state index is 0.0274. The van der Waals surface area contributed by atoms with E-state index >= 15 is 0 Å². The van der Waals surface area contributed by atoms with Gasteiger partial charge in [-0.2, -0.15) is 0 Å². The molecule has 31 heavy (non-hydrogen) atoms. The van der Waals surface area contributed by atoms with Crippen LogP contribution in [0, 0.1) is 22.7 Å². The van der Waals surface area contributed by atoms with Gasteiger partial charge in [0, 0.05) is 18.3 Å². The molecule has 0 radical (unpaired) electrons. The van der Waals surface area contributed by atoms with Crippen molar-refractivity contribution in [3.63, 3.8) is 0 Å². The highest BCUT2D eigenvalue weighted by Crippen LogP contribution is 2.85. The Morgan fingerprint density at radius 2 is 1.90 bits per heavy atom. The van der Waals surface area contributed by atoms with Gasteiger partial charge in [0.05, 0.1) is 7.11 Å². The predicted molar refractivity (Wildman–Crippen MR) is 115 cm³/mol. The molecule has 0 aliphatic heterocycles. The highest BCUT2D eigenvalue weighted by atomic mass is 16.6. The summed E-state index contributed by atoms with van der Waals surface area (Å²) in [6.07, 6.45) is 6.47. The van der Waals surface area contributed by atoms with Gasteiger partial charge in [0.25, 0.3) is 0 Å². The molecule has 5 unspecified atom stereocenters. The van der Waals surface area contributed by atoms with Crippen LogP contribution in [0.5, 0.6) is 5.75 Å². The average molecular weight is 427 g/mol. The fraction of sp³-hybridized carbons (Fsp3) is 0.731. The maximum atomic E-state index is 12.3. The lowest BCUT2D eigenvalue weighted by Crippen LogP contribution is -2.67. The summed E-state index contributed by atoms with van der Waals surface area (Å²) >= 11 is 0. The largest absolute Gasteiger partial charge is 0.497 e. The van der Waals surface area contributed by atoms with Crippen LogP contribution in [-0.4, -0.2) is 40.1 Å². The molecular formula is C26H34O5. The Hall–Kier alpha value is -1.59. The molecule has 1 aromatic rings. The van der Waals surface area contributed by atoms with E-state index in [1.165, 1.54) is 18.1 Å². The van der Waals surface area contributed by atoms with Gasteiger partial charge in [-0.05, 0) is 92.4 Å². The molecule has 5 aliphatic rings. The first-order valence-corrected chi connectivity index (χ1v) is 11.9. The van der Waals surface area contributed by atoms with Crippen molar-refractivity contribution in [2.45, 2.75) is 88.4 Å². The zero-order valence-electron chi connectivity index (χ0n) is 19.0. The minimum atomic E-state index is -1.34. The number of carbonyl (C=O) groups excluding carboxylic acids is 1. The van der Waals surface area contributed by atoms with Crippen LogP contribution in [0.25, 0.3) is 0 Å². The summed E-state index contributed by atoms with van der Waals surface area (Å²) in [5.41, 5.74) is -1.05. The van der Waals surface area contributed by atoms with Crippen molar-refractivity contribution in [3.05, 3.63) is 29.3 Å². The quantitative estimate of drug-likeness (QED) is 0.705. The zero-order chi connectivity index (χ0) is 22.0. The lowest BCUT2D eigenvalue weighted by atomic mass is 9.42. The first-order valence-electron chi connectivity index (χ1n) is 11.9. The van der Waals surface area contributed by atoms with E-state index in [1.807, 2.05) is 0 Å². The topological polar surface area (TPSA) is 76.0 Å². The first kappa shape index (κ1) is 20.0. The van der Waals surface area contributed by atoms with Crippen LogP contribution in [-0.2, 0) is 16.0 Å². The van der Waals surface area contributed by atoms with Gasteiger partial charge in [0.2, 0.25) is 0 Å². The lowest BCUT2D eigenvalue weighted by molar-refractivity contribution is -0.253. The van der Waals surface area contributed by atoms with Crippen LogP contribution in [0.3, 0.4) is 0 Å². The fourth-order valence-corrected chi connectivity index (χ4v) is 9.53. The van der Waals surface area contributed by atoms with Crippen LogP contribution in [0.1, 0.15) is 76.3 Å². The van der Waals surface area contributed by atoms with Crippen LogP contribution in [0.2, 0.25) is 0 Å². The van der Waals surface area contributed by atoms with Gasteiger partial charge in [0.15, 0.2) is 0 Å². The second-order valence-electron chi connectivity index (χ2n) is 11.4. The fourth-order valence-electron chi connectivity index (χ4n) is 9.53. The molecule has 5 aliphatic carbocycles. The molecule has 5 nitrogen and oxygen atoms in total. The second-order valence-corrected chi connectivity index (χ2v) is 11.4. The van der Waals surface area contributed by atoms with Crippen LogP contribution in [0.15, 0.2) is 18.2 Å². The SMILES string of the molecule is COc1ccc2c(c1)CCC1C2CC[C@@]2(C)[C@@]13CC[C@@]2(OC(C)=O)C1(O)C(C3)C1(C)O. The molecule has 6 rings (SSSR count). The van der Waals surface area contributed by atoms with Crippen molar-refractivity contribution >= 4 is 5.97 Å². The summed E-state index contributed by atoms with van der Waals surface area (Å²) in [6.45, 7) is 5.44. The maximum Gasteiger partial charge on any atom is 0.303 e. The molecule has 0 saturated heterocycles. The van der Waals surface area contributed by atoms with E-state index in [-0.39, 0.29) is 22.7 Å². The Kier molecular flexibility index (Phi) is 3.66. The minimum Gasteiger partial charge on any atom is -0.497 e. The highest BCUT2D eigenvalue weighted by Gasteiger charge is 2.94. The Labute approximate surface area is 184 Å². The van der Waals surface area contributed by atoms with Gasteiger partial charge in [0.1, 0.15) is 22.6 Å². The smallest absolute Gasteiger partial charge is 0.303 e. The summed E-state index contributed by atoms with van der Waals surface area (Å²) in [7, 11) is 1.72. The molecule has 5 heteroatoms. The Morgan fingerprint density at radius 1 is 1.13 bits per heavy atom. The van der Waals surface area contributed by atoms with Gasteiger partial charge < -0.3 is 19.7 Å². The molecular weight excluding hydrogens is 392 g/mol. The molecule has 2 N–H and O–H groups in total. The Balaban J connectivity index is 1.49. The third kappa shape index (κ3) is 1.93. The van der Waals surface area contributed by atoms with Gasteiger partial charge in [-0.25, -0.2) is 0 Å². The second kappa shape index (κ2) is 5.66. The maximum absolute atomic E-state index is 12.3. The number of esters is 1. The van der Waals surface area contributed by atoms with Crippen LogP contribution >= 0.6 is 0 Å². The number of hydrogen-bond acceptors (Lipinski definition) is 5. The van der Waals surface area contributed by atoms with Crippen molar-refractivity contribution < 1.29 is 24.5 Å². The number of aliphatic hydroxyl groups is 2. The van der Waals surface area contributed by atoms with Crippen molar-refractivity contribution in [1.29, 1.82) is 0 Å². The number of carbonyl (C=O) groups is 1. The number of rotatable bonds is 2. The van der Waals surface area contributed by atoms with E-state index in [2.05, 4.69) is 25.1 Å². The third-order valence-electron chi connectivity index (χ3n) is 10.9. The van der Waals surface area contributed by atoms with E-state index in [0.717, 1.165) is 44.3 Å².